The number of piperidine rings is 1. The highest BCUT2D eigenvalue weighted by Gasteiger charge is 2.50. The molecule has 144 valence electrons. The molecule has 4 heteroatoms. The molecule has 2 heterocycles. The van der Waals surface area contributed by atoms with Gasteiger partial charge >= 0.3 is 0 Å². The van der Waals surface area contributed by atoms with E-state index in [0.717, 1.165) is 30.8 Å². The summed E-state index contributed by atoms with van der Waals surface area (Å²) in [4.78, 5) is 2.43. The van der Waals surface area contributed by atoms with Crippen molar-refractivity contribution in [3.05, 3.63) is 77.6 Å². The molecule has 0 amide bonds. The lowest BCUT2D eigenvalue weighted by molar-refractivity contribution is 0.398. The van der Waals surface area contributed by atoms with Gasteiger partial charge in [0.2, 0.25) is 5.95 Å². The first-order valence-corrected chi connectivity index (χ1v) is 10.5. The van der Waals surface area contributed by atoms with Gasteiger partial charge in [-0.15, -0.1) is 10.2 Å². The minimum Gasteiger partial charge on any atom is -0.341 e. The fraction of sp³-hybridized carbons (Fsp3) is 0.417. The van der Waals surface area contributed by atoms with Crippen LogP contribution in [0.4, 0.5) is 5.95 Å². The van der Waals surface area contributed by atoms with Gasteiger partial charge in [-0.3, -0.25) is 4.57 Å². The van der Waals surface area contributed by atoms with E-state index in [1.54, 1.807) is 0 Å². The van der Waals surface area contributed by atoms with E-state index in [-0.39, 0.29) is 5.41 Å². The molecule has 1 saturated carbocycles. The number of hydrogen-bond donors (Lipinski definition) is 0. The summed E-state index contributed by atoms with van der Waals surface area (Å²) in [5.41, 5.74) is 2.91. The van der Waals surface area contributed by atoms with E-state index in [2.05, 4.69) is 87.4 Å². The Morgan fingerprint density at radius 2 is 1.54 bits per heavy atom. The van der Waals surface area contributed by atoms with Crippen LogP contribution in [0.15, 0.2) is 60.7 Å². The summed E-state index contributed by atoms with van der Waals surface area (Å²) in [7, 11) is 2.14. The lowest BCUT2D eigenvalue weighted by atomic mass is 9.90. The van der Waals surface area contributed by atoms with E-state index in [9.17, 15) is 0 Å². The van der Waals surface area contributed by atoms with Crippen LogP contribution in [0.3, 0.4) is 0 Å². The second-order valence-corrected chi connectivity index (χ2v) is 8.45. The van der Waals surface area contributed by atoms with Crippen LogP contribution >= 0.6 is 0 Å². The summed E-state index contributed by atoms with van der Waals surface area (Å²) in [5, 5.41) is 9.28. The standard InChI is InChI=1S/C24H28N4/c1-27-22(24(14-15-24)21-10-6-3-7-11-21)25-26-23(27)28-16-12-20(13-17-28)18-19-8-4-2-5-9-19/h2-11,20H,12-18H2,1H3. The summed E-state index contributed by atoms with van der Waals surface area (Å²) in [5.74, 6) is 2.93. The molecule has 2 aliphatic rings. The molecule has 0 unspecified atom stereocenters. The first-order chi connectivity index (χ1) is 13.8. The summed E-state index contributed by atoms with van der Waals surface area (Å²) in [6.45, 7) is 2.14. The molecule has 3 aromatic rings. The van der Waals surface area contributed by atoms with Crippen molar-refractivity contribution in [3.63, 3.8) is 0 Å². The molecule has 1 saturated heterocycles. The van der Waals surface area contributed by atoms with Gasteiger partial charge in [-0.2, -0.15) is 0 Å². The summed E-state index contributed by atoms with van der Waals surface area (Å²) < 4.78 is 2.25. The van der Waals surface area contributed by atoms with Crippen molar-refractivity contribution < 1.29 is 0 Å². The van der Waals surface area contributed by atoms with Gasteiger partial charge in [-0.1, -0.05) is 60.7 Å². The molecule has 0 N–H and O–H groups in total. The molecular formula is C24H28N4. The van der Waals surface area contributed by atoms with Crippen LogP contribution in [-0.2, 0) is 18.9 Å². The van der Waals surface area contributed by atoms with Gasteiger partial charge < -0.3 is 4.90 Å². The third kappa shape index (κ3) is 3.11. The lowest BCUT2D eigenvalue weighted by Crippen LogP contribution is -2.36. The van der Waals surface area contributed by atoms with Crippen molar-refractivity contribution in [2.45, 2.75) is 37.5 Å². The predicted octanol–water partition coefficient (Wildman–Crippen LogP) is 4.35. The molecule has 0 spiro atoms. The van der Waals surface area contributed by atoms with Gasteiger partial charge in [0.05, 0.1) is 5.41 Å². The normalized spacial score (nSPS) is 19.0. The highest BCUT2D eigenvalue weighted by Crippen LogP contribution is 2.53. The van der Waals surface area contributed by atoms with E-state index in [1.807, 2.05) is 0 Å². The molecule has 0 bridgehead atoms. The first kappa shape index (κ1) is 17.5. The molecule has 0 radical (unpaired) electrons. The van der Waals surface area contributed by atoms with Crippen molar-refractivity contribution in [3.8, 4) is 0 Å². The maximum absolute atomic E-state index is 4.66. The van der Waals surface area contributed by atoms with Gasteiger partial charge in [0, 0.05) is 20.1 Å². The Morgan fingerprint density at radius 1 is 0.893 bits per heavy atom. The Balaban J connectivity index is 1.29. The number of benzene rings is 2. The maximum Gasteiger partial charge on any atom is 0.226 e. The topological polar surface area (TPSA) is 34.0 Å². The maximum atomic E-state index is 4.66. The number of aromatic nitrogens is 3. The molecule has 1 aliphatic carbocycles. The van der Waals surface area contributed by atoms with Crippen molar-refractivity contribution in [1.82, 2.24) is 14.8 Å². The minimum atomic E-state index is 0.0763. The molecule has 4 nitrogen and oxygen atoms in total. The van der Waals surface area contributed by atoms with Gasteiger partial charge in [-0.25, -0.2) is 0 Å². The summed E-state index contributed by atoms with van der Waals surface area (Å²) >= 11 is 0. The number of nitrogens with zero attached hydrogens (tertiary/aromatic N) is 4. The Kier molecular flexibility index (Phi) is 4.42. The molecule has 28 heavy (non-hydrogen) atoms. The Hall–Kier alpha value is -2.62. The SMILES string of the molecule is Cn1c(N2CCC(Cc3ccccc3)CC2)nnc1C1(c2ccccc2)CC1. The molecule has 5 rings (SSSR count). The van der Waals surface area contributed by atoms with E-state index in [1.165, 1.54) is 43.2 Å². The highest BCUT2D eigenvalue weighted by molar-refractivity contribution is 5.43. The number of rotatable bonds is 5. The van der Waals surface area contributed by atoms with Gasteiger partial charge in [0.15, 0.2) is 0 Å². The fourth-order valence-electron chi connectivity index (χ4n) is 4.82. The second kappa shape index (κ2) is 7.08. The molecule has 2 aromatic carbocycles. The van der Waals surface area contributed by atoms with Crippen LogP contribution in [0.25, 0.3) is 0 Å². The number of hydrogen-bond acceptors (Lipinski definition) is 3. The molecule has 1 aliphatic heterocycles. The van der Waals surface area contributed by atoms with E-state index in [0.29, 0.717) is 0 Å². The molecular weight excluding hydrogens is 344 g/mol. The highest BCUT2D eigenvalue weighted by atomic mass is 15.4. The van der Waals surface area contributed by atoms with E-state index >= 15 is 0 Å². The van der Waals surface area contributed by atoms with Crippen LogP contribution in [0.5, 0.6) is 0 Å². The fourth-order valence-corrected chi connectivity index (χ4v) is 4.82. The summed E-state index contributed by atoms with van der Waals surface area (Å²) in [6.07, 6.45) is 5.97. The quantitative estimate of drug-likeness (QED) is 0.667. The third-order valence-electron chi connectivity index (χ3n) is 6.62. The van der Waals surface area contributed by atoms with Gasteiger partial charge in [0.1, 0.15) is 5.82 Å². The largest absolute Gasteiger partial charge is 0.341 e. The molecule has 0 atom stereocenters. The average Bonchev–Trinajstić information content (AvgIpc) is 3.46. The van der Waals surface area contributed by atoms with Crippen LogP contribution in [0.1, 0.15) is 42.6 Å². The van der Waals surface area contributed by atoms with Gasteiger partial charge in [0.25, 0.3) is 0 Å². The van der Waals surface area contributed by atoms with E-state index in [4.69, 9.17) is 0 Å². The Morgan fingerprint density at radius 3 is 2.18 bits per heavy atom. The zero-order valence-corrected chi connectivity index (χ0v) is 16.6. The second-order valence-electron chi connectivity index (χ2n) is 8.45. The van der Waals surface area contributed by atoms with Gasteiger partial charge in [-0.05, 0) is 49.1 Å². The van der Waals surface area contributed by atoms with Crippen LogP contribution in [0.2, 0.25) is 0 Å². The Labute approximate surface area is 167 Å². The third-order valence-corrected chi connectivity index (χ3v) is 6.62. The van der Waals surface area contributed by atoms with Crippen molar-refractivity contribution in [1.29, 1.82) is 0 Å². The molecule has 2 fully saturated rings. The monoisotopic (exact) mass is 372 g/mol. The van der Waals surface area contributed by atoms with Crippen molar-refractivity contribution in [2.24, 2.45) is 13.0 Å². The predicted molar refractivity (Wildman–Crippen MR) is 113 cm³/mol. The zero-order chi connectivity index (χ0) is 19.0. The van der Waals surface area contributed by atoms with Crippen molar-refractivity contribution in [2.75, 3.05) is 18.0 Å². The van der Waals surface area contributed by atoms with Crippen LogP contribution in [0, 0.1) is 5.92 Å². The van der Waals surface area contributed by atoms with Crippen LogP contribution in [-0.4, -0.2) is 27.9 Å². The summed E-state index contributed by atoms with van der Waals surface area (Å²) in [6, 6.07) is 21.7. The van der Waals surface area contributed by atoms with Crippen molar-refractivity contribution >= 4 is 5.95 Å². The number of anilines is 1. The average molecular weight is 373 g/mol. The first-order valence-electron chi connectivity index (χ1n) is 10.5. The molecule has 1 aromatic heterocycles. The van der Waals surface area contributed by atoms with Crippen LogP contribution < -0.4 is 4.90 Å². The van der Waals surface area contributed by atoms with E-state index < -0.39 is 0 Å². The smallest absolute Gasteiger partial charge is 0.226 e. The zero-order valence-electron chi connectivity index (χ0n) is 16.6. The minimum absolute atomic E-state index is 0.0763. The lowest BCUT2D eigenvalue weighted by Gasteiger charge is -2.32. The Bertz CT molecular complexity index is 920.